The van der Waals surface area contributed by atoms with Crippen LogP contribution in [0.5, 0.6) is 0 Å². The van der Waals surface area contributed by atoms with Gasteiger partial charge in [0.05, 0.1) is 12.7 Å². The highest BCUT2D eigenvalue weighted by Gasteiger charge is 1.94. The van der Waals surface area contributed by atoms with Crippen molar-refractivity contribution in [3.05, 3.63) is 47.9 Å². The van der Waals surface area contributed by atoms with Crippen LogP contribution in [0, 0.1) is 0 Å². The van der Waals surface area contributed by atoms with Crippen molar-refractivity contribution in [3.8, 4) is 0 Å². The minimum Gasteiger partial charge on any atom is -0.384 e. The van der Waals surface area contributed by atoms with Crippen molar-refractivity contribution >= 4 is 0 Å². The highest BCUT2D eigenvalue weighted by atomic mass is 15.4. The van der Waals surface area contributed by atoms with Crippen LogP contribution >= 0.6 is 0 Å². The van der Waals surface area contributed by atoms with E-state index in [9.17, 15) is 0 Å². The maximum absolute atomic E-state index is 5.60. The van der Waals surface area contributed by atoms with E-state index in [0.717, 1.165) is 5.56 Å². The van der Waals surface area contributed by atoms with Crippen LogP contribution in [-0.2, 0) is 6.54 Å². The van der Waals surface area contributed by atoms with E-state index >= 15 is 0 Å². The minimum absolute atomic E-state index is 0.207. The summed E-state index contributed by atoms with van der Waals surface area (Å²) in [5.41, 5.74) is 11.6. The largest absolute Gasteiger partial charge is 0.384 e. The average molecular weight is 178 g/mol. The molecule has 4 nitrogen and oxygen atoms in total. The Morgan fingerprint density at radius 2 is 1.85 bits per heavy atom. The van der Waals surface area contributed by atoms with Crippen molar-refractivity contribution in [1.82, 2.24) is 5.01 Å². The lowest BCUT2D eigenvalue weighted by molar-refractivity contribution is 0.383. The van der Waals surface area contributed by atoms with Gasteiger partial charge in [0.25, 0.3) is 0 Å². The standard InChI is InChI=1S/C9H14N4/c10-9(11)7-13(12)6-8-4-2-1-3-5-8/h1-5,7H,6,10-12H2. The van der Waals surface area contributed by atoms with Gasteiger partial charge in [-0.25, -0.2) is 5.84 Å². The summed E-state index contributed by atoms with van der Waals surface area (Å²) in [5, 5.41) is 1.45. The zero-order valence-electron chi connectivity index (χ0n) is 7.35. The summed E-state index contributed by atoms with van der Waals surface area (Å²) in [6, 6.07) is 9.84. The van der Waals surface area contributed by atoms with Crippen LogP contribution in [0.15, 0.2) is 42.4 Å². The maximum Gasteiger partial charge on any atom is 0.111 e. The van der Waals surface area contributed by atoms with Gasteiger partial charge in [-0.3, -0.25) is 0 Å². The molecular formula is C9H14N4. The molecule has 4 heteroatoms. The lowest BCUT2D eigenvalue weighted by Crippen LogP contribution is -2.27. The number of nitrogens with two attached hydrogens (primary N) is 3. The van der Waals surface area contributed by atoms with E-state index in [1.54, 1.807) is 0 Å². The topological polar surface area (TPSA) is 81.3 Å². The number of benzene rings is 1. The van der Waals surface area contributed by atoms with E-state index in [0.29, 0.717) is 6.54 Å². The zero-order valence-corrected chi connectivity index (χ0v) is 7.35. The lowest BCUT2D eigenvalue weighted by Gasteiger charge is -2.13. The Bertz CT molecular complexity index is 277. The quantitative estimate of drug-likeness (QED) is 0.452. The first-order valence-corrected chi connectivity index (χ1v) is 3.96. The van der Waals surface area contributed by atoms with Gasteiger partial charge in [0, 0.05) is 0 Å². The molecule has 6 N–H and O–H groups in total. The summed E-state index contributed by atoms with van der Waals surface area (Å²) in [6.45, 7) is 0.596. The first-order valence-electron chi connectivity index (χ1n) is 3.96. The van der Waals surface area contributed by atoms with Gasteiger partial charge in [-0.15, -0.1) is 0 Å². The summed E-state index contributed by atoms with van der Waals surface area (Å²) < 4.78 is 0. The Kier molecular flexibility index (Phi) is 3.16. The molecule has 0 aliphatic carbocycles. The van der Waals surface area contributed by atoms with Crippen LogP contribution in [0.25, 0.3) is 0 Å². The van der Waals surface area contributed by atoms with Crippen LogP contribution < -0.4 is 17.3 Å². The maximum atomic E-state index is 5.60. The second kappa shape index (κ2) is 4.37. The monoisotopic (exact) mass is 178 g/mol. The van der Waals surface area contributed by atoms with Crippen molar-refractivity contribution in [2.75, 3.05) is 0 Å². The van der Waals surface area contributed by atoms with E-state index in [-0.39, 0.29) is 5.82 Å². The van der Waals surface area contributed by atoms with E-state index in [4.69, 9.17) is 17.3 Å². The molecule has 0 aliphatic heterocycles. The summed E-state index contributed by atoms with van der Waals surface area (Å²) in [4.78, 5) is 0. The van der Waals surface area contributed by atoms with Crippen LogP contribution in [0.3, 0.4) is 0 Å². The molecule has 1 aromatic rings. The second-order valence-electron chi connectivity index (χ2n) is 2.79. The van der Waals surface area contributed by atoms with Gasteiger partial charge >= 0.3 is 0 Å². The van der Waals surface area contributed by atoms with Crippen molar-refractivity contribution in [2.45, 2.75) is 6.54 Å². The molecule has 0 atom stereocenters. The average Bonchev–Trinajstić information content (AvgIpc) is 2.04. The molecule has 0 spiro atoms. The Hall–Kier alpha value is -1.68. The van der Waals surface area contributed by atoms with Crippen LogP contribution in [-0.4, -0.2) is 5.01 Å². The number of hydrogen-bond donors (Lipinski definition) is 3. The molecule has 0 radical (unpaired) electrons. The predicted molar refractivity (Wildman–Crippen MR) is 52.6 cm³/mol. The summed E-state index contributed by atoms with van der Waals surface area (Å²) >= 11 is 0. The van der Waals surface area contributed by atoms with Crippen molar-refractivity contribution in [3.63, 3.8) is 0 Å². The van der Waals surface area contributed by atoms with Crippen LogP contribution in [0.2, 0.25) is 0 Å². The fourth-order valence-electron chi connectivity index (χ4n) is 1.03. The Balaban J connectivity index is 2.55. The number of hydrogen-bond acceptors (Lipinski definition) is 4. The fourth-order valence-corrected chi connectivity index (χ4v) is 1.03. The SMILES string of the molecule is NC(N)=CN(N)Cc1ccccc1. The first-order chi connectivity index (χ1) is 6.18. The molecule has 0 fully saturated rings. The van der Waals surface area contributed by atoms with Gasteiger partial charge in [-0.05, 0) is 5.56 Å². The summed E-state index contributed by atoms with van der Waals surface area (Å²) in [5.74, 6) is 5.81. The molecular weight excluding hydrogens is 164 g/mol. The molecule has 0 heterocycles. The minimum atomic E-state index is 0.207. The van der Waals surface area contributed by atoms with Crippen LogP contribution in [0.1, 0.15) is 5.56 Å². The molecule has 0 unspecified atom stereocenters. The normalized spacial score (nSPS) is 9.31. The Morgan fingerprint density at radius 3 is 2.38 bits per heavy atom. The van der Waals surface area contributed by atoms with E-state index in [1.807, 2.05) is 30.3 Å². The third-order valence-corrected chi connectivity index (χ3v) is 1.52. The lowest BCUT2D eigenvalue weighted by atomic mass is 10.2. The molecule has 0 saturated heterocycles. The van der Waals surface area contributed by atoms with E-state index in [2.05, 4.69) is 0 Å². The number of rotatable bonds is 3. The van der Waals surface area contributed by atoms with E-state index < -0.39 is 0 Å². The van der Waals surface area contributed by atoms with Gasteiger partial charge in [0.1, 0.15) is 5.82 Å². The molecule has 0 aromatic heterocycles. The highest BCUT2D eigenvalue weighted by molar-refractivity contribution is 5.14. The van der Waals surface area contributed by atoms with Crippen molar-refractivity contribution < 1.29 is 0 Å². The van der Waals surface area contributed by atoms with E-state index in [1.165, 1.54) is 11.2 Å². The molecule has 0 amide bonds. The third-order valence-electron chi connectivity index (χ3n) is 1.52. The molecule has 70 valence electrons. The Morgan fingerprint density at radius 1 is 1.23 bits per heavy atom. The van der Waals surface area contributed by atoms with Gasteiger partial charge in [0.15, 0.2) is 0 Å². The van der Waals surface area contributed by atoms with Gasteiger partial charge in [0.2, 0.25) is 0 Å². The highest BCUT2D eigenvalue weighted by Crippen LogP contribution is 2.00. The molecule has 1 rings (SSSR count). The molecule has 0 saturated carbocycles. The summed E-state index contributed by atoms with van der Waals surface area (Å²) in [6.07, 6.45) is 1.49. The van der Waals surface area contributed by atoms with Gasteiger partial charge in [-0.2, -0.15) is 0 Å². The van der Waals surface area contributed by atoms with Gasteiger partial charge < -0.3 is 16.5 Å². The molecule has 13 heavy (non-hydrogen) atoms. The number of nitrogens with zero attached hydrogens (tertiary/aromatic N) is 1. The van der Waals surface area contributed by atoms with Crippen LogP contribution in [0.4, 0.5) is 0 Å². The molecule has 1 aromatic carbocycles. The molecule has 0 bridgehead atoms. The number of hydrazine groups is 1. The Labute approximate surface area is 77.6 Å². The van der Waals surface area contributed by atoms with Crippen molar-refractivity contribution in [1.29, 1.82) is 0 Å². The fraction of sp³-hybridized carbons (Fsp3) is 0.111. The zero-order chi connectivity index (χ0) is 9.68. The third kappa shape index (κ3) is 3.48. The van der Waals surface area contributed by atoms with Gasteiger partial charge in [-0.1, -0.05) is 30.3 Å². The predicted octanol–water partition coefficient (Wildman–Crippen LogP) is 0.0786. The second-order valence-corrected chi connectivity index (χ2v) is 2.79. The van der Waals surface area contributed by atoms with Crippen molar-refractivity contribution in [2.24, 2.45) is 17.3 Å². The summed E-state index contributed by atoms with van der Waals surface area (Å²) in [7, 11) is 0. The smallest absolute Gasteiger partial charge is 0.111 e. The molecule has 0 aliphatic rings. The first kappa shape index (κ1) is 9.41.